The van der Waals surface area contributed by atoms with Gasteiger partial charge in [-0.15, -0.1) is 0 Å². The molecule has 2 aliphatic rings. The van der Waals surface area contributed by atoms with Gasteiger partial charge in [-0.05, 0) is 52.0 Å². The number of aliphatic hydroxyl groups is 1. The Morgan fingerprint density at radius 3 is 2.61 bits per heavy atom. The molecule has 1 N–H and O–H groups in total. The quantitative estimate of drug-likeness (QED) is 0.837. The Hall–Kier alpha value is -0.120. The molecular formula is C15H29NO2. The van der Waals surface area contributed by atoms with Crippen LogP contribution in [0.1, 0.15) is 52.4 Å². The van der Waals surface area contributed by atoms with Gasteiger partial charge in [0.15, 0.2) is 0 Å². The van der Waals surface area contributed by atoms with E-state index in [0.29, 0.717) is 0 Å². The summed E-state index contributed by atoms with van der Waals surface area (Å²) in [7, 11) is 1.68. The second-order valence-corrected chi connectivity index (χ2v) is 6.57. The van der Waals surface area contributed by atoms with Crippen molar-refractivity contribution in [1.82, 2.24) is 4.90 Å². The van der Waals surface area contributed by atoms with Crippen LogP contribution in [0.15, 0.2) is 0 Å². The van der Waals surface area contributed by atoms with Gasteiger partial charge in [0.2, 0.25) is 0 Å². The van der Waals surface area contributed by atoms with Gasteiger partial charge in [-0.25, -0.2) is 0 Å². The maximum absolute atomic E-state index is 10.4. The molecule has 0 spiro atoms. The third kappa shape index (κ3) is 3.06. The first-order valence-electron chi connectivity index (χ1n) is 7.52. The monoisotopic (exact) mass is 255 g/mol. The second kappa shape index (κ2) is 5.89. The summed E-state index contributed by atoms with van der Waals surface area (Å²) in [5.74, 6) is 0.880. The van der Waals surface area contributed by atoms with Gasteiger partial charge in [-0.1, -0.05) is 12.8 Å². The van der Waals surface area contributed by atoms with Crippen LogP contribution in [0.2, 0.25) is 0 Å². The highest BCUT2D eigenvalue weighted by Gasteiger charge is 2.36. The van der Waals surface area contributed by atoms with Crippen molar-refractivity contribution in [3.05, 3.63) is 0 Å². The SMILES string of the molecule is COC(C)(C)C(O)CN1CCCC2CCCCC21. The first kappa shape index (κ1) is 14.3. The molecule has 1 aliphatic carbocycles. The van der Waals surface area contributed by atoms with E-state index in [2.05, 4.69) is 4.90 Å². The number of aliphatic hydroxyl groups excluding tert-OH is 1. The number of likely N-dealkylation sites (tertiary alicyclic amines) is 1. The molecule has 0 bridgehead atoms. The number of ether oxygens (including phenoxy) is 1. The normalized spacial score (nSPS) is 32.0. The molecule has 0 amide bonds. The van der Waals surface area contributed by atoms with Crippen LogP contribution in [0.25, 0.3) is 0 Å². The Balaban J connectivity index is 1.95. The summed E-state index contributed by atoms with van der Waals surface area (Å²) in [5.41, 5.74) is -0.443. The van der Waals surface area contributed by atoms with Crippen molar-refractivity contribution in [2.24, 2.45) is 5.92 Å². The van der Waals surface area contributed by atoms with Gasteiger partial charge in [0.05, 0.1) is 11.7 Å². The summed E-state index contributed by atoms with van der Waals surface area (Å²) in [5, 5.41) is 10.4. The topological polar surface area (TPSA) is 32.7 Å². The number of nitrogens with zero attached hydrogens (tertiary/aromatic N) is 1. The Kier molecular flexibility index (Phi) is 4.68. The van der Waals surface area contributed by atoms with Crippen molar-refractivity contribution < 1.29 is 9.84 Å². The van der Waals surface area contributed by atoms with E-state index in [1.807, 2.05) is 13.8 Å². The highest BCUT2D eigenvalue weighted by atomic mass is 16.5. The molecule has 3 unspecified atom stereocenters. The minimum absolute atomic E-state index is 0.400. The summed E-state index contributed by atoms with van der Waals surface area (Å²) >= 11 is 0. The molecule has 0 aromatic heterocycles. The van der Waals surface area contributed by atoms with Crippen LogP contribution < -0.4 is 0 Å². The van der Waals surface area contributed by atoms with E-state index in [1.54, 1.807) is 7.11 Å². The van der Waals surface area contributed by atoms with Crippen LogP contribution in [0.4, 0.5) is 0 Å². The van der Waals surface area contributed by atoms with E-state index in [0.717, 1.165) is 25.0 Å². The Morgan fingerprint density at radius 2 is 1.89 bits per heavy atom. The predicted octanol–water partition coefficient (Wildman–Crippen LogP) is 2.43. The molecule has 2 rings (SSSR count). The summed E-state index contributed by atoms with van der Waals surface area (Å²) in [6.07, 6.45) is 7.77. The molecule has 3 heteroatoms. The highest BCUT2D eigenvalue weighted by molar-refractivity contribution is 4.90. The Bertz CT molecular complexity index is 265. The highest BCUT2D eigenvalue weighted by Crippen LogP contribution is 2.35. The maximum Gasteiger partial charge on any atom is 0.0950 e. The Labute approximate surface area is 112 Å². The van der Waals surface area contributed by atoms with Gasteiger partial charge in [0, 0.05) is 19.7 Å². The first-order chi connectivity index (χ1) is 8.54. The van der Waals surface area contributed by atoms with Gasteiger partial charge in [0.1, 0.15) is 0 Å². The molecule has 1 aliphatic heterocycles. The minimum atomic E-state index is -0.443. The van der Waals surface area contributed by atoms with Gasteiger partial charge >= 0.3 is 0 Å². The van der Waals surface area contributed by atoms with Gasteiger partial charge in [-0.3, -0.25) is 4.90 Å². The lowest BCUT2D eigenvalue weighted by molar-refractivity contribution is -0.0982. The average molecular weight is 255 g/mol. The lowest BCUT2D eigenvalue weighted by atomic mass is 9.78. The van der Waals surface area contributed by atoms with Gasteiger partial charge in [0.25, 0.3) is 0 Å². The standard InChI is InChI=1S/C15H29NO2/c1-15(2,18-3)14(17)11-16-10-6-8-12-7-4-5-9-13(12)16/h12-14,17H,4-11H2,1-3H3. The van der Waals surface area contributed by atoms with E-state index in [9.17, 15) is 5.11 Å². The van der Waals surface area contributed by atoms with Crippen molar-refractivity contribution in [2.75, 3.05) is 20.2 Å². The molecule has 1 saturated carbocycles. The first-order valence-corrected chi connectivity index (χ1v) is 7.52. The van der Waals surface area contributed by atoms with Crippen molar-refractivity contribution in [1.29, 1.82) is 0 Å². The van der Waals surface area contributed by atoms with Crippen LogP contribution in [0.3, 0.4) is 0 Å². The summed E-state index contributed by atoms with van der Waals surface area (Å²) in [6.45, 7) is 5.86. The van der Waals surface area contributed by atoms with Crippen LogP contribution >= 0.6 is 0 Å². The number of β-amino-alcohol motifs (C(OH)–C–C–N with tert-alkyl or cyclic N) is 1. The van der Waals surface area contributed by atoms with Crippen LogP contribution in [0, 0.1) is 5.92 Å². The second-order valence-electron chi connectivity index (χ2n) is 6.57. The van der Waals surface area contributed by atoms with Crippen molar-refractivity contribution >= 4 is 0 Å². The van der Waals surface area contributed by atoms with E-state index in [1.165, 1.54) is 38.5 Å². The number of rotatable bonds is 4. The van der Waals surface area contributed by atoms with Gasteiger partial charge in [-0.2, -0.15) is 0 Å². The lowest BCUT2D eigenvalue weighted by Crippen LogP contribution is -2.53. The number of hydrogen-bond acceptors (Lipinski definition) is 3. The Morgan fingerprint density at radius 1 is 1.22 bits per heavy atom. The molecule has 0 aromatic carbocycles. The molecular weight excluding hydrogens is 226 g/mol. The lowest BCUT2D eigenvalue weighted by Gasteiger charge is -2.46. The van der Waals surface area contributed by atoms with E-state index in [-0.39, 0.29) is 0 Å². The molecule has 1 heterocycles. The fraction of sp³-hybridized carbons (Fsp3) is 1.00. The van der Waals surface area contributed by atoms with Crippen molar-refractivity contribution in [3.8, 4) is 0 Å². The molecule has 106 valence electrons. The molecule has 0 aromatic rings. The summed E-state index contributed by atoms with van der Waals surface area (Å²) < 4.78 is 5.40. The van der Waals surface area contributed by atoms with Crippen LogP contribution in [0.5, 0.6) is 0 Å². The zero-order valence-corrected chi connectivity index (χ0v) is 12.2. The predicted molar refractivity (Wildman–Crippen MR) is 73.6 cm³/mol. The van der Waals surface area contributed by atoms with Crippen LogP contribution in [-0.2, 0) is 4.74 Å². The van der Waals surface area contributed by atoms with Crippen molar-refractivity contribution in [2.45, 2.75) is 70.1 Å². The average Bonchev–Trinajstić information content (AvgIpc) is 2.39. The number of fused-ring (bicyclic) bond motifs is 1. The van der Waals surface area contributed by atoms with E-state index >= 15 is 0 Å². The third-order valence-electron chi connectivity index (χ3n) is 5.09. The van der Waals surface area contributed by atoms with Gasteiger partial charge < -0.3 is 9.84 Å². The zero-order valence-electron chi connectivity index (χ0n) is 12.2. The summed E-state index contributed by atoms with van der Waals surface area (Å²) in [6, 6.07) is 0.717. The molecule has 0 radical (unpaired) electrons. The number of piperidine rings is 1. The number of methoxy groups -OCH3 is 1. The third-order valence-corrected chi connectivity index (χ3v) is 5.09. The van der Waals surface area contributed by atoms with E-state index < -0.39 is 11.7 Å². The smallest absolute Gasteiger partial charge is 0.0950 e. The summed E-state index contributed by atoms with van der Waals surface area (Å²) in [4.78, 5) is 2.53. The minimum Gasteiger partial charge on any atom is -0.389 e. The fourth-order valence-corrected chi connectivity index (χ4v) is 3.53. The fourth-order valence-electron chi connectivity index (χ4n) is 3.53. The molecule has 2 fully saturated rings. The van der Waals surface area contributed by atoms with Crippen molar-refractivity contribution in [3.63, 3.8) is 0 Å². The molecule has 3 nitrogen and oxygen atoms in total. The molecule has 3 atom stereocenters. The zero-order chi connectivity index (χ0) is 13.2. The number of hydrogen-bond donors (Lipinski definition) is 1. The largest absolute Gasteiger partial charge is 0.389 e. The molecule has 1 saturated heterocycles. The van der Waals surface area contributed by atoms with Crippen LogP contribution in [-0.4, -0.2) is 48.0 Å². The maximum atomic E-state index is 10.4. The molecule has 18 heavy (non-hydrogen) atoms. The van der Waals surface area contributed by atoms with E-state index in [4.69, 9.17) is 4.74 Å².